The number of halogens is 1. The van der Waals surface area contributed by atoms with Gasteiger partial charge in [0.2, 0.25) is 5.91 Å². The molecule has 6 N–H and O–H groups in total. The summed E-state index contributed by atoms with van der Waals surface area (Å²) in [6.45, 7) is 0.644. The number of ether oxygens (including phenoxy) is 1. The number of aryl methyl sites for hydroxylation is 1. The Hall–Kier alpha value is -2.35. The normalized spacial score (nSPS) is 11.8. The Balaban J connectivity index is 2.57. The van der Waals surface area contributed by atoms with Crippen molar-refractivity contribution < 1.29 is 18.7 Å². The number of nitrogens with two attached hydrogens (primary N) is 3. The van der Waals surface area contributed by atoms with Crippen LogP contribution in [-0.4, -0.2) is 38.2 Å². The topological polar surface area (TPSA) is 125 Å². The van der Waals surface area contributed by atoms with Gasteiger partial charge >= 0.3 is 6.09 Å². The molecule has 8 heteroatoms. The zero-order chi connectivity index (χ0) is 18.8. The Kier molecular flexibility index (Phi) is 8.69. The molecular formula is C17H27FN4O3. The van der Waals surface area contributed by atoms with Gasteiger partial charge in [-0.15, -0.1) is 0 Å². The number of amides is 2. The van der Waals surface area contributed by atoms with Crippen LogP contribution in [0.4, 0.5) is 14.9 Å². The largest absolute Gasteiger partial charge is 0.450 e. The minimum atomic E-state index is -0.803. The average molecular weight is 354 g/mol. The van der Waals surface area contributed by atoms with Crippen LogP contribution in [0.15, 0.2) is 18.2 Å². The lowest BCUT2D eigenvalue weighted by Gasteiger charge is -2.24. The number of unbranched alkanes of at least 4 members (excludes halogenated alkanes) is 1. The Labute approximate surface area is 147 Å². The summed E-state index contributed by atoms with van der Waals surface area (Å²) in [5, 5.41) is 0. The molecule has 0 aliphatic heterocycles. The smallest absolute Gasteiger partial charge is 0.404 e. The van der Waals surface area contributed by atoms with Gasteiger partial charge in [-0.05, 0) is 37.3 Å². The van der Waals surface area contributed by atoms with E-state index in [-0.39, 0.29) is 24.9 Å². The van der Waals surface area contributed by atoms with E-state index in [4.69, 9.17) is 17.2 Å². The molecule has 1 aromatic rings. The highest BCUT2D eigenvalue weighted by molar-refractivity contribution is 5.73. The van der Waals surface area contributed by atoms with Crippen LogP contribution in [0.2, 0.25) is 0 Å². The third-order valence-corrected chi connectivity index (χ3v) is 3.82. The number of nitrogens with zero attached hydrogens (tertiary/aromatic N) is 1. The second kappa shape index (κ2) is 10.5. The standard InChI is InChI=1S/C17H27FN4O3/c1-22(11-13(19)8-9-15(20)23)14-7-4-6-12(16(14)18)5-2-3-10-25-17(21)24/h4,6-7,13H,2-3,5,8-11,19H2,1H3,(H2,20,23)(H2,21,24). The molecule has 1 atom stereocenters. The van der Waals surface area contributed by atoms with Gasteiger partial charge in [0.1, 0.15) is 5.82 Å². The van der Waals surface area contributed by atoms with Crippen LogP contribution in [-0.2, 0) is 16.0 Å². The summed E-state index contributed by atoms with van der Waals surface area (Å²) >= 11 is 0. The van der Waals surface area contributed by atoms with Crippen molar-refractivity contribution in [2.45, 2.75) is 38.1 Å². The zero-order valence-electron chi connectivity index (χ0n) is 14.5. The fourth-order valence-corrected chi connectivity index (χ4v) is 2.51. The van der Waals surface area contributed by atoms with E-state index in [1.54, 1.807) is 30.1 Å². The molecule has 0 radical (unpaired) electrons. The number of anilines is 1. The third kappa shape index (κ3) is 7.84. The summed E-state index contributed by atoms with van der Waals surface area (Å²) in [4.78, 5) is 23.0. The molecule has 0 aliphatic rings. The molecule has 7 nitrogen and oxygen atoms in total. The van der Waals surface area contributed by atoms with E-state index in [9.17, 15) is 14.0 Å². The molecule has 0 fully saturated rings. The molecule has 0 aromatic heterocycles. The summed E-state index contributed by atoms with van der Waals surface area (Å²) < 4.78 is 19.3. The lowest BCUT2D eigenvalue weighted by atomic mass is 10.1. The van der Waals surface area contributed by atoms with Gasteiger partial charge in [-0.1, -0.05) is 12.1 Å². The monoisotopic (exact) mass is 354 g/mol. The highest BCUT2D eigenvalue weighted by Crippen LogP contribution is 2.23. The molecule has 1 rings (SSSR count). The number of benzene rings is 1. The first kappa shape index (κ1) is 20.7. The third-order valence-electron chi connectivity index (χ3n) is 3.82. The zero-order valence-corrected chi connectivity index (χ0v) is 14.5. The second-order valence-electron chi connectivity index (χ2n) is 6.02. The minimum absolute atomic E-state index is 0.213. The van der Waals surface area contributed by atoms with E-state index >= 15 is 0 Å². The molecule has 1 unspecified atom stereocenters. The fourth-order valence-electron chi connectivity index (χ4n) is 2.51. The van der Waals surface area contributed by atoms with Crippen LogP contribution in [0.1, 0.15) is 31.2 Å². The number of primary amides is 2. The number of carbonyl (C=O) groups is 2. The van der Waals surface area contributed by atoms with Crippen LogP contribution in [0, 0.1) is 5.82 Å². The van der Waals surface area contributed by atoms with Crippen molar-refractivity contribution in [1.29, 1.82) is 0 Å². The second-order valence-corrected chi connectivity index (χ2v) is 6.02. The van der Waals surface area contributed by atoms with Gasteiger partial charge in [0, 0.05) is 26.1 Å². The van der Waals surface area contributed by atoms with Gasteiger partial charge in [-0.3, -0.25) is 4.79 Å². The highest BCUT2D eigenvalue weighted by Gasteiger charge is 2.14. The maximum atomic E-state index is 14.7. The van der Waals surface area contributed by atoms with Crippen LogP contribution < -0.4 is 22.1 Å². The fraction of sp³-hybridized carbons (Fsp3) is 0.529. The maximum absolute atomic E-state index is 14.7. The van der Waals surface area contributed by atoms with Crippen LogP contribution in [0.5, 0.6) is 0 Å². The van der Waals surface area contributed by atoms with Gasteiger partial charge < -0.3 is 26.8 Å². The molecule has 0 saturated carbocycles. The van der Waals surface area contributed by atoms with E-state index in [1.165, 1.54) is 0 Å². The van der Waals surface area contributed by atoms with Gasteiger partial charge in [0.25, 0.3) is 0 Å². The number of hydrogen-bond donors (Lipinski definition) is 3. The first-order valence-corrected chi connectivity index (χ1v) is 8.26. The van der Waals surface area contributed by atoms with E-state index < -0.39 is 12.0 Å². The molecule has 0 heterocycles. The molecule has 140 valence electrons. The number of carbonyl (C=O) groups excluding carboxylic acids is 2. The lowest BCUT2D eigenvalue weighted by molar-refractivity contribution is -0.118. The Morgan fingerprint density at radius 1 is 1.28 bits per heavy atom. The Bertz CT molecular complexity index is 583. The summed E-state index contributed by atoms with van der Waals surface area (Å²) in [7, 11) is 1.76. The molecule has 25 heavy (non-hydrogen) atoms. The van der Waals surface area contributed by atoms with E-state index in [1.807, 2.05) is 0 Å². The summed E-state index contributed by atoms with van der Waals surface area (Å²) in [6.07, 6.45) is 1.69. The quantitative estimate of drug-likeness (QED) is 0.516. The number of rotatable bonds is 11. The van der Waals surface area contributed by atoms with Gasteiger partial charge in [-0.25, -0.2) is 9.18 Å². The first-order chi connectivity index (χ1) is 11.8. The number of hydrogen-bond acceptors (Lipinski definition) is 5. The van der Waals surface area contributed by atoms with Crippen molar-refractivity contribution in [3.05, 3.63) is 29.6 Å². The van der Waals surface area contributed by atoms with Gasteiger partial charge in [0.15, 0.2) is 0 Å². The van der Waals surface area contributed by atoms with E-state index in [2.05, 4.69) is 4.74 Å². The van der Waals surface area contributed by atoms with Crippen molar-refractivity contribution in [1.82, 2.24) is 0 Å². The highest BCUT2D eigenvalue weighted by atomic mass is 19.1. The van der Waals surface area contributed by atoms with Gasteiger partial charge in [-0.2, -0.15) is 0 Å². The molecular weight excluding hydrogens is 327 g/mol. The minimum Gasteiger partial charge on any atom is -0.450 e. The summed E-state index contributed by atoms with van der Waals surface area (Å²) in [5.41, 5.74) is 17.0. The summed E-state index contributed by atoms with van der Waals surface area (Å²) in [6, 6.07) is 4.94. The predicted octanol–water partition coefficient (Wildman–Crippen LogP) is 1.27. The Morgan fingerprint density at radius 2 is 2.00 bits per heavy atom. The van der Waals surface area contributed by atoms with Crippen molar-refractivity contribution >= 4 is 17.7 Å². The van der Waals surface area contributed by atoms with Crippen LogP contribution >= 0.6 is 0 Å². The molecule has 2 amide bonds. The Morgan fingerprint density at radius 3 is 2.64 bits per heavy atom. The number of likely N-dealkylation sites (N-methyl/N-ethyl adjacent to an activating group) is 1. The molecule has 0 aliphatic carbocycles. The van der Waals surface area contributed by atoms with Crippen molar-refractivity contribution in [2.24, 2.45) is 17.2 Å². The van der Waals surface area contributed by atoms with Crippen molar-refractivity contribution in [2.75, 3.05) is 25.1 Å². The van der Waals surface area contributed by atoms with E-state index in [0.717, 1.165) is 0 Å². The SMILES string of the molecule is CN(CC(N)CCC(N)=O)c1cccc(CCCCOC(N)=O)c1F. The van der Waals surface area contributed by atoms with E-state index in [0.29, 0.717) is 43.5 Å². The summed E-state index contributed by atoms with van der Waals surface area (Å²) in [5.74, 6) is -0.686. The molecule has 0 spiro atoms. The van der Waals surface area contributed by atoms with Gasteiger partial charge in [0.05, 0.1) is 12.3 Å². The molecule has 0 bridgehead atoms. The van der Waals surface area contributed by atoms with Crippen LogP contribution in [0.25, 0.3) is 0 Å². The maximum Gasteiger partial charge on any atom is 0.404 e. The lowest BCUT2D eigenvalue weighted by Crippen LogP contribution is -2.36. The molecule has 1 aromatic carbocycles. The average Bonchev–Trinajstić information content (AvgIpc) is 2.53. The van der Waals surface area contributed by atoms with Crippen molar-refractivity contribution in [3.63, 3.8) is 0 Å². The predicted molar refractivity (Wildman–Crippen MR) is 94.5 cm³/mol. The van der Waals surface area contributed by atoms with Crippen molar-refractivity contribution in [3.8, 4) is 0 Å². The van der Waals surface area contributed by atoms with Crippen LogP contribution in [0.3, 0.4) is 0 Å². The molecule has 0 saturated heterocycles. The first-order valence-electron chi connectivity index (χ1n) is 8.26.